The van der Waals surface area contributed by atoms with Gasteiger partial charge in [0.1, 0.15) is 18.8 Å². The predicted molar refractivity (Wildman–Crippen MR) is 142 cm³/mol. The topological polar surface area (TPSA) is 97.4 Å². The van der Waals surface area contributed by atoms with Crippen LogP contribution < -0.4 is 0 Å². The molecular weight excluding hydrogens is 500 g/mol. The number of esters is 3. The van der Waals surface area contributed by atoms with E-state index < -0.39 is 48.4 Å². The van der Waals surface area contributed by atoms with Gasteiger partial charge in [-0.05, 0) is 42.8 Å². The second kappa shape index (κ2) is 13.5. The zero-order valence-corrected chi connectivity index (χ0v) is 21.5. The Morgan fingerprint density at radius 1 is 0.744 bits per heavy atom. The molecule has 0 N–H and O–H groups in total. The summed E-state index contributed by atoms with van der Waals surface area (Å²) in [6.45, 7) is 3.69. The Kier molecular flexibility index (Phi) is 9.61. The van der Waals surface area contributed by atoms with E-state index in [-0.39, 0.29) is 6.61 Å². The summed E-state index contributed by atoms with van der Waals surface area (Å²) in [5, 5.41) is 0. The van der Waals surface area contributed by atoms with E-state index in [0.29, 0.717) is 23.1 Å². The van der Waals surface area contributed by atoms with E-state index in [1.54, 1.807) is 97.1 Å². The zero-order chi connectivity index (χ0) is 27.6. The van der Waals surface area contributed by atoms with Gasteiger partial charge in [0, 0.05) is 13.0 Å². The van der Waals surface area contributed by atoms with Gasteiger partial charge in [-0.15, -0.1) is 6.58 Å². The summed E-state index contributed by atoms with van der Waals surface area (Å²) in [6, 6.07) is 25.5. The van der Waals surface area contributed by atoms with E-state index in [0.717, 1.165) is 0 Å². The largest absolute Gasteiger partial charge is 0.459 e. The van der Waals surface area contributed by atoms with Gasteiger partial charge in [-0.2, -0.15) is 0 Å². The van der Waals surface area contributed by atoms with Crippen molar-refractivity contribution in [3.8, 4) is 0 Å². The Hall–Kier alpha value is -4.27. The molecule has 39 heavy (non-hydrogen) atoms. The minimum absolute atomic E-state index is 0.148. The maximum Gasteiger partial charge on any atom is 0.338 e. The molecule has 1 saturated heterocycles. The number of ether oxygens (including phenoxy) is 5. The van der Waals surface area contributed by atoms with E-state index in [1.165, 1.54) is 7.11 Å². The molecule has 0 saturated carbocycles. The third-order valence-corrected chi connectivity index (χ3v) is 6.37. The first kappa shape index (κ1) is 27.8. The number of carbonyl (C=O) groups is 3. The zero-order valence-electron chi connectivity index (χ0n) is 21.5. The molecule has 3 aromatic rings. The molecule has 0 bridgehead atoms. The van der Waals surface area contributed by atoms with Crippen LogP contribution in [0.4, 0.5) is 0 Å². The number of hydrogen-bond donors (Lipinski definition) is 0. The number of carbonyl (C=O) groups excluding carboxylic acids is 3. The molecule has 4 rings (SSSR count). The van der Waals surface area contributed by atoms with Crippen molar-refractivity contribution in [3.63, 3.8) is 0 Å². The van der Waals surface area contributed by atoms with Crippen molar-refractivity contribution in [2.75, 3.05) is 13.7 Å². The molecule has 3 aromatic carbocycles. The molecule has 8 nitrogen and oxygen atoms in total. The molecule has 0 aliphatic carbocycles. The SMILES string of the molecule is C=CC[C@H]1[C@H](OC(=O)c2ccccc2)[C@H](OC(=O)c2ccccc2)[C@@H](OC)O[C@@H]1COC(=O)c1ccccc1. The number of methoxy groups -OCH3 is 1. The lowest BCUT2D eigenvalue weighted by Gasteiger charge is -2.44. The Bertz CT molecular complexity index is 1250. The Morgan fingerprint density at radius 3 is 1.67 bits per heavy atom. The minimum atomic E-state index is -1.11. The lowest BCUT2D eigenvalue weighted by Crippen LogP contribution is -2.59. The monoisotopic (exact) mass is 530 g/mol. The van der Waals surface area contributed by atoms with E-state index >= 15 is 0 Å². The van der Waals surface area contributed by atoms with Crippen LogP contribution in [0.15, 0.2) is 104 Å². The third-order valence-electron chi connectivity index (χ3n) is 6.37. The van der Waals surface area contributed by atoms with Crippen molar-refractivity contribution in [1.82, 2.24) is 0 Å². The third kappa shape index (κ3) is 6.98. The highest BCUT2D eigenvalue weighted by molar-refractivity contribution is 5.90. The van der Waals surface area contributed by atoms with Crippen LogP contribution >= 0.6 is 0 Å². The van der Waals surface area contributed by atoms with Gasteiger partial charge >= 0.3 is 17.9 Å². The number of allylic oxidation sites excluding steroid dienone is 1. The smallest absolute Gasteiger partial charge is 0.338 e. The fourth-order valence-corrected chi connectivity index (χ4v) is 4.42. The van der Waals surface area contributed by atoms with Crippen LogP contribution in [0.1, 0.15) is 37.5 Å². The van der Waals surface area contributed by atoms with Crippen LogP contribution in [0.5, 0.6) is 0 Å². The Balaban J connectivity index is 1.62. The summed E-state index contributed by atoms with van der Waals surface area (Å²) in [6.07, 6.45) is -2.00. The normalized spacial score (nSPS) is 22.3. The molecule has 1 heterocycles. The summed E-state index contributed by atoms with van der Waals surface area (Å²) in [7, 11) is 1.39. The second-order valence-electron chi connectivity index (χ2n) is 8.90. The van der Waals surface area contributed by atoms with Crippen LogP contribution in [0.25, 0.3) is 0 Å². The van der Waals surface area contributed by atoms with Crippen molar-refractivity contribution < 1.29 is 38.1 Å². The van der Waals surface area contributed by atoms with Crippen molar-refractivity contribution in [1.29, 1.82) is 0 Å². The van der Waals surface area contributed by atoms with E-state index in [1.807, 2.05) is 0 Å². The fourth-order valence-electron chi connectivity index (χ4n) is 4.42. The van der Waals surface area contributed by atoms with E-state index in [4.69, 9.17) is 23.7 Å². The summed E-state index contributed by atoms with van der Waals surface area (Å²) in [5.41, 5.74) is 1.04. The Labute approximate surface area is 227 Å². The molecule has 1 aliphatic heterocycles. The number of hydrogen-bond acceptors (Lipinski definition) is 8. The van der Waals surface area contributed by atoms with Crippen LogP contribution in [0, 0.1) is 5.92 Å². The standard InChI is InChI=1S/C31H30O8/c1-3-13-24-25(20-36-28(32)21-14-7-4-8-15-21)37-31(35-2)27(39-30(34)23-18-11-6-12-19-23)26(24)38-29(33)22-16-9-5-10-17-22/h3-12,14-19,24-27,31H,1,13,20H2,2H3/t24-,25-,26+,27+,31+/m1/s1. The second-order valence-corrected chi connectivity index (χ2v) is 8.90. The Morgan fingerprint density at radius 2 is 1.21 bits per heavy atom. The molecule has 202 valence electrons. The molecular formula is C31H30O8. The maximum atomic E-state index is 13.2. The van der Waals surface area contributed by atoms with Crippen LogP contribution in [0.3, 0.4) is 0 Å². The molecule has 1 aliphatic rings. The lowest BCUT2D eigenvalue weighted by molar-refractivity contribution is -0.280. The first-order valence-electron chi connectivity index (χ1n) is 12.5. The van der Waals surface area contributed by atoms with Gasteiger partial charge in [0.2, 0.25) is 0 Å². The average Bonchev–Trinajstić information content (AvgIpc) is 2.99. The first-order chi connectivity index (χ1) is 19.0. The highest BCUT2D eigenvalue weighted by Crippen LogP contribution is 2.35. The van der Waals surface area contributed by atoms with E-state index in [9.17, 15) is 14.4 Å². The van der Waals surface area contributed by atoms with Crippen LogP contribution in [0.2, 0.25) is 0 Å². The molecule has 0 unspecified atom stereocenters. The van der Waals surface area contributed by atoms with Gasteiger partial charge in [0.25, 0.3) is 0 Å². The number of rotatable bonds is 10. The minimum Gasteiger partial charge on any atom is -0.459 e. The fraction of sp³-hybridized carbons (Fsp3) is 0.258. The summed E-state index contributed by atoms with van der Waals surface area (Å²) < 4.78 is 29.1. The van der Waals surface area contributed by atoms with Crippen molar-refractivity contribution in [2.45, 2.75) is 31.0 Å². The van der Waals surface area contributed by atoms with Gasteiger partial charge in [0.05, 0.1) is 16.7 Å². The molecule has 1 fully saturated rings. The first-order valence-corrected chi connectivity index (χ1v) is 12.5. The molecule has 0 spiro atoms. The van der Waals surface area contributed by atoms with Crippen molar-refractivity contribution in [2.24, 2.45) is 5.92 Å². The summed E-state index contributed by atoms with van der Waals surface area (Å²) in [5.74, 6) is -2.33. The quantitative estimate of drug-likeness (QED) is 0.208. The van der Waals surface area contributed by atoms with Gasteiger partial charge < -0.3 is 23.7 Å². The van der Waals surface area contributed by atoms with E-state index in [2.05, 4.69) is 6.58 Å². The summed E-state index contributed by atoms with van der Waals surface area (Å²) >= 11 is 0. The maximum absolute atomic E-state index is 13.2. The predicted octanol–water partition coefficient (Wildman–Crippen LogP) is 4.86. The molecule has 0 radical (unpaired) electrons. The average molecular weight is 531 g/mol. The van der Waals surface area contributed by atoms with Gasteiger partial charge in [-0.3, -0.25) is 0 Å². The highest BCUT2D eigenvalue weighted by Gasteiger charge is 2.50. The lowest BCUT2D eigenvalue weighted by atomic mass is 9.86. The van der Waals surface area contributed by atoms with Crippen molar-refractivity contribution in [3.05, 3.63) is 120 Å². The van der Waals surface area contributed by atoms with Gasteiger partial charge in [-0.25, -0.2) is 14.4 Å². The van der Waals surface area contributed by atoms with Crippen LogP contribution in [-0.4, -0.2) is 56.2 Å². The molecule has 5 atom stereocenters. The van der Waals surface area contributed by atoms with Gasteiger partial charge in [-0.1, -0.05) is 60.7 Å². The van der Waals surface area contributed by atoms with Crippen LogP contribution in [-0.2, 0) is 23.7 Å². The molecule has 8 heteroatoms. The van der Waals surface area contributed by atoms with Gasteiger partial charge in [0.15, 0.2) is 12.4 Å². The van der Waals surface area contributed by atoms with Crippen molar-refractivity contribution >= 4 is 17.9 Å². The number of benzene rings is 3. The highest BCUT2D eigenvalue weighted by atomic mass is 16.7. The molecule has 0 amide bonds. The summed E-state index contributed by atoms with van der Waals surface area (Å²) in [4.78, 5) is 38.8. The molecule has 0 aromatic heterocycles.